The van der Waals surface area contributed by atoms with Gasteiger partial charge in [-0.25, -0.2) is 0 Å². The molecule has 0 bridgehead atoms. The summed E-state index contributed by atoms with van der Waals surface area (Å²) < 4.78 is 0.931. The van der Waals surface area contributed by atoms with E-state index in [-0.39, 0.29) is 0 Å². The Morgan fingerprint density at radius 1 is 1.71 bits per heavy atom. The van der Waals surface area contributed by atoms with Gasteiger partial charge in [-0.05, 0) is 44.6 Å². The van der Waals surface area contributed by atoms with E-state index in [2.05, 4.69) is 38.5 Å². The maximum atomic E-state index is 5.33. The van der Waals surface area contributed by atoms with Crippen LogP contribution < -0.4 is 0 Å². The van der Waals surface area contributed by atoms with Crippen molar-refractivity contribution in [3.05, 3.63) is 8.57 Å². The Hall–Kier alpha value is 1.53. The van der Waals surface area contributed by atoms with Gasteiger partial charge in [0.15, 0.2) is 0 Å². The highest BCUT2D eigenvalue weighted by Crippen LogP contribution is 2.17. The molecule has 0 fully saturated rings. The molecule has 0 atom stereocenters. The lowest BCUT2D eigenvalue weighted by Crippen LogP contribution is -1.73. The molecule has 0 radical (unpaired) electrons. The first-order chi connectivity index (χ1) is 3.13. The zero-order valence-electron chi connectivity index (χ0n) is 3.17. The number of hydrogen-bond donors (Lipinski definition) is 0. The summed E-state index contributed by atoms with van der Waals surface area (Å²) in [6.07, 6.45) is 1.68. The lowest BCUT2D eigenvalue weighted by molar-refractivity contribution is 1.63. The smallest absolute Gasteiger partial charge is 0.101 e. The molecule has 0 aromatic heterocycles. The molecule has 0 amide bonds. The summed E-state index contributed by atoms with van der Waals surface area (Å²) in [6, 6.07) is 0. The summed E-state index contributed by atoms with van der Waals surface area (Å²) in [7, 11) is 0. The van der Waals surface area contributed by atoms with Crippen molar-refractivity contribution in [3.63, 3.8) is 0 Å². The Bertz CT molecular complexity index is 77.0. The van der Waals surface area contributed by atoms with Gasteiger partial charge < -0.3 is 0 Å². The second-order valence-electron chi connectivity index (χ2n) is 0.791. The van der Waals surface area contributed by atoms with Gasteiger partial charge in [-0.1, -0.05) is 0 Å². The minimum Gasteiger partial charge on any atom is -0.101 e. The predicted octanol–water partition coefficient (Wildman–Crippen LogP) is 3.46. The van der Waals surface area contributed by atoms with Crippen LogP contribution in [0, 0.1) is 0 Å². The van der Waals surface area contributed by atoms with Crippen LogP contribution in [0.3, 0.4) is 0 Å². The molecular weight excluding hydrogens is 314 g/mol. The molecule has 7 heavy (non-hydrogen) atoms. The monoisotopic (exact) mass is 314 g/mol. The summed E-state index contributed by atoms with van der Waals surface area (Å²) in [5.74, 6) is 0. The van der Waals surface area contributed by atoms with Crippen LogP contribution in [0.4, 0.5) is 0 Å². The third-order valence-corrected chi connectivity index (χ3v) is 1.13. The van der Waals surface area contributed by atoms with Crippen molar-refractivity contribution in [1.29, 1.82) is 0 Å². The molecule has 0 aromatic carbocycles. The summed E-state index contributed by atoms with van der Waals surface area (Å²) >= 11 is 15.9. The topological polar surface area (TPSA) is 0 Å². The van der Waals surface area contributed by atoms with Crippen molar-refractivity contribution < 1.29 is 0 Å². The summed E-state index contributed by atoms with van der Waals surface area (Å²) in [4.78, 5) is -0.397. The average Bonchev–Trinajstić information content (AvgIpc) is 1.27. The van der Waals surface area contributed by atoms with Gasteiger partial charge in [0.25, 0.3) is 0 Å². The van der Waals surface area contributed by atoms with Crippen LogP contribution >= 0.6 is 61.7 Å². The van der Waals surface area contributed by atoms with E-state index in [9.17, 15) is 0 Å². The average molecular weight is 316 g/mol. The molecule has 0 nitrogen and oxygen atoms in total. The van der Waals surface area contributed by atoms with E-state index in [4.69, 9.17) is 23.2 Å². The van der Waals surface area contributed by atoms with Gasteiger partial charge in [-0.15, -0.1) is 23.2 Å². The van der Waals surface area contributed by atoms with Gasteiger partial charge >= 0.3 is 0 Å². The predicted molar refractivity (Wildman–Crippen MR) is 46.5 cm³/mol. The van der Waals surface area contributed by atoms with Crippen molar-refractivity contribution >= 4 is 61.7 Å². The Morgan fingerprint density at radius 3 is 2.14 bits per heavy atom. The zero-order chi connectivity index (χ0) is 5.86. The van der Waals surface area contributed by atoms with Gasteiger partial charge in [0.05, 0.1) is 2.49 Å². The molecule has 0 aromatic rings. The molecule has 0 saturated heterocycles. The Balaban J connectivity index is 3.45. The zero-order valence-corrected chi connectivity index (χ0v) is 8.42. The van der Waals surface area contributed by atoms with Gasteiger partial charge in [0.2, 0.25) is 0 Å². The molecule has 0 heterocycles. The van der Waals surface area contributed by atoms with Crippen molar-refractivity contribution in [1.82, 2.24) is 0 Å². The first kappa shape index (κ1) is 8.53. The Morgan fingerprint density at radius 2 is 2.14 bits per heavy atom. The standard InChI is InChI=1S/C3H2BrCl2I/c4-2(7)1-3(5)6/h1,3H/b2-1+. The Labute approximate surface area is 74.5 Å². The molecular formula is C3H2BrCl2I. The van der Waals surface area contributed by atoms with E-state index in [1.165, 1.54) is 0 Å². The van der Waals surface area contributed by atoms with Crippen molar-refractivity contribution in [2.24, 2.45) is 0 Å². The van der Waals surface area contributed by atoms with Crippen LogP contribution in [0.2, 0.25) is 0 Å². The molecule has 42 valence electrons. The van der Waals surface area contributed by atoms with Gasteiger partial charge in [0.1, 0.15) is 4.84 Å². The summed E-state index contributed by atoms with van der Waals surface area (Å²) in [5.41, 5.74) is 0. The van der Waals surface area contributed by atoms with Crippen LogP contribution in [0.15, 0.2) is 8.57 Å². The molecule has 0 rings (SSSR count). The van der Waals surface area contributed by atoms with Crippen molar-refractivity contribution in [3.8, 4) is 0 Å². The fourth-order valence-electron chi connectivity index (χ4n) is 0.0952. The third kappa shape index (κ3) is 7.53. The molecule has 0 aliphatic heterocycles. The first-order valence-corrected chi connectivity index (χ1v) is 4.18. The highest BCUT2D eigenvalue weighted by Gasteiger charge is 1.90. The Kier molecular flexibility index (Phi) is 5.38. The highest BCUT2D eigenvalue weighted by molar-refractivity contribution is 14.1. The van der Waals surface area contributed by atoms with Crippen LogP contribution in [0.25, 0.3) is 0 Å². The van der Waals surface area contributed by atoms with Crippen molar-refractivity contribution in [2.45, 2.75) is 4.84 Å². The van der Waals surface area contributed by atoms with Gasteiger partial charge in [0, 0.05) is 0 Å². The fraction of sp³-hybridized carbons (Fsp3) is 0.333. The van der Waals surface area contributed by atoms with E-state index in [0.717, 1.165) is 2.49 Å². The largest absolute Gasteiger partial charge is 0.127 e. The molecule has 0 spiro atoms. The molecule has 0 N–H and O–H groups in total. The number of rotatable bonds is 1. The molecule has 0 aliphatic carbocycles. The molecule has 0 aliphatic rings. The van der Waals surface area contributed by atoms with Gasteiger partial charge in [-0.2, -0.15) is 0 Å². The molecule has 4 heteroatoms. The fourth-order valence-corrected chi connectivity index (χ4v) is 1.70. The minimum absolute atomic E-state index is 0.397. The number of halogens is 4. The maximum Gasteiger partial charge on any atom is 0.127 e. The molecule has 0 unspecified atom stereocenters. The van der Waals surface area contributed by atoms with Crippen LogP contribution in [-0.2, 0) is 0 Å². The van der Waals surface area contributed by atoms with Gasteiger partial charge in [-0.3, -0.25) is 0 Å². The lowest BCUT2D eigenvalue weighted by atomic mass is 10.8. The van der Waals surface area contributed by atoms with E-state index < -0.39 is 4.84 Å². The van der Waals surface area contributed by atoms with E-state index in [0.29, 0.717) is 0 Å². The van der Waals surface area contributed by atoms with Crippen molar-refractivity contribution in [2.75, 3.05) is 0 Å². The van der Waals surface area contributed by atoms with Crippen LogP contribution in [0.5, 0.6) is 0 Å². The maximum absolute atomic E-state index is 5.33. The molecule has 0 saturated carbocycles. The number of hydrogen-bond acceptors (Lipinski definition) is 0. The highest BCUT2D eigenvalue weighted by atomic mass is 127. The lowest BCUT2D eigenvalue weighted by Gasteiger charge is -1.85. The second-order valence-corrected chi connectivity index (χ2v) is 5.45. The third-order valence-electron chi connectivity index (χ3n) is 0.252. The summed E-state index contributed by atoms with van der Waals surface area (Å²) in [6.45, 7) is 0. The quantitative estimate of drug-likeness (QED) is 0.513. The van der Waals surface area contributed by atoms with E-state index in [1.54, 1.807) is 6.08 Å². The number of alkyl halides is 2. The van der Waals surface area contributed by atoms with E-state index in [1.807, 2.05) is 0 Å². The van der Waals surface area contributed by atoms with Crippen LogP contribution in [-0.4, -0.2) is 4.84 Å². The first-order valence-electron chi connectivity index (χ1n) is 1.44. The minimum atomic E-state index is -0.397. The normalized spacial score (nSPS) is 13.0. The van der Waals surface area contributed by atoms with Crippen LogP contribution in [0.1, 0.15) is 0 Å². The van der Waals surface area contributed by atoms with E-state index >= 15 is 0 Å². The SMILES string of the molecule is ClC(Cl)/C=C(\Br)I. The number of allylic oxidation sites excluding steroid dienone is 1. The second kappa shape index (κ2) is 4.41. The summed E-state index contributed by atoms with van der Waals surface area (Å²) in [5, 5.41) is 0.